The first-order valence-electron chi connectivity index (χ1n) is 12.2. The van der Waals surface area contributed by atoms with Crippen molar-refractivity contribution in [1.29, 1.82) is 0 Å². The van der Waals surface area contributed by atoms with Crippen molar-refractivity contribution in [2.24, 2.45) is 0 Å². The van der Waals surface area contributed by atoms with Crippen molar-refractivity contribution in [3.05, 3.63) is 120 Å². The van der Waals surface area contributed by atoms with Crippen molar-refractivity contribution in [3.63, 3.8) is 0 Å². The molecule has 1 N–H and O–H groups in total. The molecule has 4 rings (SSSR count). The molecule has 0 unspecified atom stereocenters. The molecule has 3 aromatic rings. The normalized spacial score (nSPS) is 22.7. The number of hydrogen-bond acceptors (Lipinski definition) is 5. The van der Waals surface area contributed by atoms with Crippen molar-refractivity contribution in [3.8, 4) is 0 Å². The van der Waals surface area contributed by atoms with Gasteiger partial charge in [0.25, 0.3) is 0 Å². The van der Waals surface area contributed by atoms with Gasteiger partial charge in [-0.05, 0) is 16.7 Å². The minimum atomic E-state index is -0.376. The summed E-state index contributed by atoms with van der Waals surface area (Å²) in [6, 6.07) is 30.1. The van der Waals surface area contributed by atoms with Gasteiger partial charge >= 0.3 is 0 Å². The average molecular weight is 474 g/mol. The van der Waals surface area contributed by atoms with Crippen LogP contribution in [0, 0.1) is 0 Å². The Morgan fingerprint density at radius 1 is 0.714 bits per heavy atom. The quantitative estimate of drug-likeness (QED) is 0.390. The van der Waals surface area contributed by atoms with Crippen LogP contribution in [0.5, 0.6) is 0 Å². The number of aliphatic hydroxyl groups is 1. The van der Waals surface area contributed by atoms with Gasteiger partial charge in [-0.15, -0.1) is 6.58 Å². The van der Waals surface area contributed by atoms with Crippen LogP contribution < -0.4 is 0 Å². The van der Waals surface area contributed by atoms with Gasteiger partial charge in [-0.2, -0.15) is 0 Å². The van der Waals surface area contributed by atoms with E-state index < -0.39 is 0 Å². The zero-order chi connectivity index (χ0) is 24.3. The van der Waals surface area contributed by atoms with E-state index in [4.69, 9.17) is 14.2 Å². The summed E-state index contributed by atoms with van der Waals surface area (Å²) in [5.41, 5.74) is 3.27. The third kappa shape index (κ3) is 7.10. The molecule has 184 valence electrons. The molecule has 5 nitrogen and oxygen atoms in total. The Morgan fingerprint density at radius 3 is 1.63 bits per heavy atom. The van der Waals surface area contributed by atoms with E-state index >= 15 is 0 Å². The number of likely N-dealkylation sites (tertiary alicyclic amines) is 1. The highest BCUT2D eigenvalue weighted by atomic mass is 16.6. The topological polar surface area (TPSA) is 51.2 Å². The maximum atomic E-state index is 10.4. The van der Waals surface area contributed by atoms with Gasteiger partial charge in [-0.1, -0.05) is 97.1 Å². The molecule has 0 aliphatic carbocycles. The van der Waals surface area contributed by atoms with E-state index in [1.807, 2.05) is 72.8 Å². The molecule has 0 radical (unpaired) electrons. The van der Waals surface area contributed by atoms with Gasteiger partial charge in [-0.3, -0.25) is 4.90 Å². The highest BCUT2D eigenvalue weighted by Gasteiger charge is 2.45. The van der Waals surface area contributed by atoms with Gasteiger partial charge < -0.3 is 19.3 Å². The summed E-state index contributed by atoms with van der Waals surface area (Å²) < 4.78 is 19.5. The highest BCUT2D eigenvalue weighted by molar-refractivity contribution is 5.16. The number of aliphatic hydroxyl groups excluding tert-OH is 1. The third-order valence-electron chi connectivity index (χ3n) is 6.38. The molecule has 0 amide bonds. The van der Waals surface area contributed by atoms with Crippen molar-refractivity contribution < 1.29 is 19.3 Å². The number of benzene rings is 3. The first kappa shape index (κ1) is 25.3. The molecule has 0 saturated carbocycles. The fourth-order valence-electron chi connectivity index (χ4n) is 4.57. The zero-order valence-corrected chi connectivity index (χ0v) is 20.1. The SMILES string of the molecule is C=CCN1C[C@H](OCc2ccccc2)[C@H](OCc2ccccc2)[C@H](OCc2ccccc2)[C@H]1CO. The monoisotopic (exact) mass is 473 g/mol. The lowest BCUT2D eigenvalue weighted by Crippen LogP contribution is -2.64. The lowest BCUT2D eigenvalue weighted by molar-refractivity contribution is -0.206. The van der Waals surface area contributed by atoms with E-state index in [1.165, 1.54) is 0 Å². The summed E-state index contributed by atoms with van der Waals surface area (Å²) in [6.45, 7) is 6.49. The summed E-state index contributed by atoms with van der Waals surface area (Å²) in [7, 11) is 0. The molecule has 35 heavy (non-hydrogen) atoms. The lowest BCUT2D eigenvalue weighted by atomic mass is 9.93. The predicted octanol–water partition coefficient (Wildman–Crippen LogP) is 4.61. The van der Waals surface area contributed by atoms with Crippen molar-refractivity contribution in [2.45, 2.75) is 44.2 Å². The zero-order valence-electron chi connectivity index (χ0n) is 20.1. The van der Waals surface area contributed by atoms with Crippen LogP contribution in [0.1, 0.15) is 16.7 Å². The van der Waals surface area contributed by atoms with Crippen LogP contribution in [0.2, 0.25) is 0 Å². The van der Waals surface area contributed by atoms with Gasteiger partial charge in [0.05, 0.1) is 38.6 Å². The Morgan fingerprint density at radius 2 is 1.17 bits per heavy atom. The number of piperidine rings is 1. The fourth-order valence-corrected chi connectivity index (χ4v) is 4.57. The number of ether oxygens (including phenoxy) is 3. The van der Waals surface area contributed by atoms with Crippen LogP contribution in [0.15, 0.2) is 104 Å². The molecule has 1 heterocycles. The molecule has 1 saturated heterocycles. The van der Waals surface area contributed by atoms with Crippen LogP contribution in [0.25, 0.3) is 0 Å². The molecule has 4 atom stereocenters. The molecule has 0 aromatic heterocycles. The van der Waals surface area contributed by atoms with Crippen LogP contribution in [-0.4, -0.2) is 54.1 Å². The Kier molecular flexibility index (Phi) is 9.64. The molecule has 5 heteroatoms. The lowest BCUT2D eigenvalue weighted by Gasteiger charge is -2.47. The van der Waals surface area contributed by atoms with Gasteiger partial charge in [0.1, 0.15) is 12.2 Å². The van der Waals surface area contributed by atoms with Crippen molar-refractivity contribution in [2.75, 3.05) is 19.7 Å². The van der Waals surface area contributed by atoms with Crippen LogP contribution in [0.3, 0.4) is 0 Å². The molecule has 0 bridgehead atoms. The smallest absolute Gasteiger partial charge is 0.113 e. The summed E-state index contributed by atoms with van der Waals surface area (Å²) >= 11 is 0. The number of rotatable bonds is 12. The summed E-state index contributed by atoms with van der Waals surface area (Å²) in [4.78, 5) is 2.18. The molecule has 3 aromatic carbocycles. The highest BCUT2D eigenvalue weighted by Crippen LogP contribution is 2.28. The molecular weight excluding hydrogens is 438 g/mol. The Labute approximate surface area is 208 Å². The van der Waals surface area contributed by atoms with Crippen LogP contribution >= 0.6 is 0 Å². The summed E-state index contributed by atoms with van der Waals surface area (Å²) in [5, 5.41) is 10.4. The second kappa shape index (κ2) is 13.3. The molecule has 1 aliphatic rings. The first-order chi connectivity index (χ1) is 17.3. The van der Waals surface area contributed by atoms with E-state index in [0.29, 0.717) is 32.9 Å². The van der Waals surface area contributed by atoms with E-state index in [0.717, 1.165) is 16.7 Å². The maximum Gasteiger partial charge on any atom is 0.113 e. The van der Waals surface area contributed by atoms with Crippen molar-refractivity contribution in [1.82, 2.24) is 4.90 Å². The second-order valence-electron chi connectivity index (χ2n) is 8.85. The standard InChI is InChI=1S/C30H35NO4/c1-2-18-31-19-28(33-21-24-12-6-3-7-13-24)30(35-23-26-16-10-5-11-17-26)29(27(31)20-32)34-22-25-14-8-4-9-15-25/h2-17,27-30,32H,1,18-23H2/t27-,28+,29-,30+/m1/s1. The number of nitrogens with zero attached hydrogens (tertiary/aromatic N) is 1. The minimum absolute atomic E-state index is 0.0378. The molecule has 1 aliphatic heterocycles. The van der Waals surface area contributed by atoms with Gasteiger partial charge in [-0.25, -0.2) is 0 Å². The Hall–Kier alpha value is -2.80. The van der Waals surface area contributed by atoms with E-state index in [9.17, 15) is 5.11 Å². The average Bonchev–Trinajstić information content (AvgIpc) is 2.91. The fraction of sp³-hybridized carbons (Fsp3) is 0.333. The Balaban J connectivity index is 1.57. The summed E-state index contributed by atoms with van der Waals surface area (Å²) in [6.07, 6.45) is 0.901. The second-order valence-corrected chi connectivity index (χ2v) is 8.85. The molecule has 1 fully saturated rings. The van der Waals surface area contributed by atoms with Crippen molar-refractivity contribution >= 4 is 0 Å². The van der Waals surface area contributed by atoms with Crippen LogP contribution in [0.4, 0.5) is 0 Å². The van der Waals surface area contributed by atoms with E-state index in [1.54, 1.807) is 0 Å². The van der Waals surface area contributed by atoms with Gasteiger partial charge in [0.2, 0.25) is 0 Å². The summed E-state index contributed by atoms with van der Waals surface area (Å²) in [5.74, 6) is 0. The maximum absolute atomic E-state index is 10.4. The van der Waals surface area contributed by atoms with Crippen LogP contribution in [-0.2, 0) is 34.0 Å². The molecule has 0 spiro atoms. The largest absolute Gasteiger partial charge is 0.395 e. The minimum Gasteiger partial charge on any atom is -0.395 e. The van der Waals surface area contributed by atoms with E-state index in [-0.39, 0.29) is 31.0 Å². The van der Waals surface area contributed by atoms with Gasteiger partial charge in [0.15, 0.2) is 0 Å². The van der Waals surface area contributed by atoms with Gasteiger partial charge in [0, 0.05) is 13.1 Å². The third-order valence-corrected chi connectivity index (χ3v) is 6.38. The number of hydrogen-bond donors (Lipinski definition) is 1. The Bertz CT molecular complexity index is 999. The molecular formula is C30H35NO4. The predicted molar refractivity (Wildman–Crippen MR) is 138 cm³/mol. The van der Waals surface area contributed by atoms with E-state index in [2.05, 4.69) is 35.7 Å². The first-order valence-corrected chi connectivity index (χ1v) is 12.2.